The molecular weight excluding hydrogens is 542 g/mol. The predicted molar refractivity (Wildman–Crippen MR) is 150 cm³/mol. The zero-order chi connectivity index (χ0) is 27.5. The number of carbonyl (C=O) groups is 2. The van der Waals surface area contributed by atoms with Crippen molar-refractivity contribution in [3.05, 3.63) is 92.6 Å². The van der Waals surface area contributed by atoms with Crippen molar-refractivity contribution in [3.63, 3.8) is 0 Å². The number of fused-ring (bicyclic) bond motifs is 1. The Labute approximate surface area is 231 Å². The van der Waals surface area contributed by atoms with Crippen LogP contribution in [0.25, 0.3) is 33.6 Å². The fourth-order valence-electron chi connectivity index (χ4n) is 3.99. The van der Waals surface area contributed by atoms with E-state index in [0.29, 0.717) is 21.2 Å². The number of anilines is 1. The lowest BCUT2D eigenvalue weighted by molar-refractivity contribution is -0.118. The number of halogens is 1. The number of aryl methyl sites for hydroxylation is 1. The molecule has 1 amide bonds. The van der Waals surface area contributed by atoms with Gasteiger partial charge in [0.05, 0.1) is 18.3 Å². The van der Waals surface area contributed by atoms with Gasteiger partial charge in [0, 0.05) is 16.0 Å². The molecule has 0 fully saturated rings. The molecule has 0 saturated heterocycles. The van der Waals surface area contributed by atoms with Crippen molar-refractivity contribution < 1.29 is 27.9 Å². The van der Waals surface area contributed by atoms with E-state index < -0.39 is 23.9 Å². The molecule has 0 aliphatic heterocycles. The molecule has 198 valence electrons. The van der Waals surface area contributed by atoms with Crippen LogP contribution in [0.3, 0.4) is 0 Å². The molecule has 3 aromatic heterocycles. The van der Waals surface area contributed by atoms with Crippen molar-refractivity contribution in [3.8, 4) is 28.4 Å². The Morgan fingerprint density at radius 1 is 1.10 bits per heavy atom. The summed E-state index contributed by atoms with van der Waals surface area (Å²) in [6, 6.07) is 15.7. The predicted octanol–water partition coefficient (Wildman–Crippen LogP) is 6.94. The molecule has 3 heterocycles. The topological polar surface area (TPSA) is 108 Å². The first-order valence-electron chi connectivity index (χ1n) is 11.9. The average molecular weight is 564 g/mol. The Morgan fingerprint density at radius 2 is 1.90 bits per heavy atom. The molecule has 5 aromatic rings. The minimum atomic E-state index is -0.589. The van der Waals surface area contributed by atoms with E-state index in [1.807, 2.05) is 30.3 Å². The van der Waals surface area contributed by atoms with Gasteiger partial charge in [0.25, 0.3) is 5.91 Å². The number of hydrogen-bond acceptors (Lipinski definition) is 8. The molecule has 2 aromatic carbocycles. The second-order valence-electron chi connectivity index (χ2n) is 8.44. The van der Waals surface area contributed by atoms with Gasteiger partial charge in [-0.2, -0.15) is 0 Å². The molecule has 8 nitrogen and oxygen atoms in total. The minimum Gasteiger partial charge on any atom is -0.476 e. The van der Waals surface area contributed by atoms with Crippen LogP contribution >= 0.6 is 22.9 Å². The van der Waals surface area contributed by atoms with Gasteiger partial charge in [-0.3, -0.25) is 9.59 Å². The maximum atomic E-state index is 13.4. The molecular formula is C29H22ClNO7S. The molecule has 5 rings (SSSR count). The number of ether oxygens (including phenoxy) is 2. The fourth-order valence-corrected chi connectivity index (χ4v) is 5.12. The fraction of sp³-hybridized carbons (Fsp3) is 0.138. The van der Waals surface area contributed by atoms with Gasteiger partial charge < -0.3 is 23.6 Å². The first-order chi connectivity index (χ1) is 18.9. The SMILES string of the molecule is CCOC(=O)c1c(-c2ccccc2)csc1NC(=O)COc1c(-c2ccco2)oc2cc(C)c(Cl)cc2c1=O. The monoisotopic (exact) mass is 563 g/mol. The van der Waals surface area contributed by atoms with Crippen LogP contribution < -0.4 is 15.5 Å². The van der Waals surface area contributed by atoms with Gasteiger partial charge >= 0.3 is 5.97 Å². The number of rotatable bonds is 8. The summed E-state index contributed by atoms with van der Waals surface area (Å²) in [4.78, 5) is 39.2. The summed E-state index contributed by atoms with van der Waals surface area (Å²) in [7, 11) is 0. The smallest absolute Gasteiger partial charge is 0.341 e. The van der Waals surface area contributed by atoms with Crippen molar-refractivity contribution in [2.75, 3.05) is 18.5 Å². The summed E-state index contributed by atoms with van der Waals surface area (Å²) in [5, 5.41) is 5.39. The standard InChI is InChI=1S/C29H22ClNO7S/c1-3-35-29(34)24-19(17-8-5-4-6-9-17)15-39-28(24)31-23(32)14-37-27-25(33)18-13-20(30)16(2)12-22(18)38-26(27)21-10-7-11-36-21/h4-13,15H,3,14H2,1-2H3,(H,31,32). The highest BCUT2D eigenvalue weighted by atomic mass is 35.5. The molecule has 0 radical (unpaired) electrons. The van der Waals surface area contributed by atoms with E-state index in [9.17, 15) is 14.4 Å². The lowest BCUT2D eigenvalue weighted by atomic mass is 10.0. The molecule has 0 saturated carbocycles. The summed E-state index contributed by atoms with van der Waals surface area (Å²) < 4.78 is 22.4. The second kappa shape index (κ2) is 11.2. The van der Waals surface area contributed by atoms with Gasteiger partial charge in [0.15, 0.2) is 12.4 Å². The van der Waals surface area contributed by atoms with Crippen LogP contribution in [-0.2, 0) is 9.53 Å². The number of hydrogen-bond donors (Lipinski definition) is 1. The van der Waals surface area contributed by atoms with Crippen LogP contribution in [0, 0.1) is 6.92 Å². The number of furan rings is 1. The van der Waals surface area contributed by atoms with Gasteiger partial charge in [-0.15, -0.1) is 11.3 Å². The Morgan fingerprint density at radius 3 is 2.62 bits per heavy atom. The highest BCUT2D eigenvalue weighted by Crippen LogP contribution is 2.37. The van der Waals surface area contributed by atoms with Gasteiger partial charge in [0.1, 0.15) is 16.1 Å². The van der Waals surface area contributed by atoms with Crippen molar-refractivity contribution >= 4 is 50.8 Å². The van der Waals surface area contributed by atoms with Crippen LogP contribution in [0.15, 0.2) is 79.9 Å². The zero-order valence-electron chi connectivity index (χ0n) is 20.9. The van der Waals surface area contributed by atoms with Crippen LogP contribution in [0.5, 0.6) is 5.75 Å². The van der Waals surface area contributed by atoms with Crippen molar-refractivity contribution in [2.45, 2.75) is 13.8 Å². The lowest BCUT2D eigenvalue weighted by Crippen LogP contribution is -2.23. The van der Waals surface area contributed by atoms with E-state index in [1.54, 1.807) is 37.4 Å². The Bertz CT molecular complexity index is 1720. The van der Waals surface area contributed by atoms with E-state index >= 15 is 0 Å². The van der Waals surface area contributed by atoms with Crippen molar-refractivity contribution in [2.24, 2.45) is 0 Å². The zero-order valence-corrected chi connectivity index (χ0v) is 22.5. The first kappa shape index (κ1) is 26.3. The Hall–Kier alpha value is -4.34. The molecule has 1 N–H and O–H groups in total. The quantitative estimate of drug-likeness (QED) is 0.204. The second-order valence-corrected chi connectivity index (χ2v) is 9.73. The highest BCUT2D eigenvalue weighted by molar-refractivity contribution is 7.15. The number of benzene rings is 2. The number of nitrogens with one attached hydrogen (secondary N) is 1. The largest absolute Gasteiger partial charge is 0.476 e. The third-order valence-corrected chi connectivity index (χ3v) is 7.13. The number of amides is 1. The van der Waals surface area contributed by atoms with Crippen molar-refractivity contribution in [1.82, 2.24) is 0 Å². The summed E-state index contributed by atoms with van der Waals surface area (Å²) in [5.74, 6) is -1.05. The first-order valence-corrected chi connectivity index (χ1v) is 13.2. The average Bonchev–Trinajstić information content (AvgIpc) is 3.61. The molecule has 0 aliphatic rings. The van der Waals surface area contributed by atoms with E-state index in [0.717, 1.165) is 11.1 Å². The van der Waals surface area contributed by atoms with Gasteiger partial charge in [-0.1, -0.05) is 41.9 Å². The Balaban J connectivity index is 1.45. The molecule has 0 unspecified atom stereocenters. The van der Waals surface area contributed by atoms with Crippen LogP contribution in [0.4, 0.5) is 5.00 Å². The van der Waals surface area contributed by atoms with E-state index in [4.69, 9.17) is 29.9 Å². The maximum absolute atomic E-state index is 13.4. The van der Waals surface area contributed by atoms with Gasteiger partial charge in [-0.05, 0) is 49.2 Å². The molecule has 0 spiro atoms. The highest BCUT2D eigenvalue weighted by Gasteiger charge is 2.25. The third-order valence-electron chi connectivity index (χ3n) is 5.83. The maximum Gasteiger partial charge on any atom is 0.341 e. The van der Waals surface area contributed by atoms with E-state index in [2.05, 4.69) is 5.32 Å². The molecule has 0 atom stereocenters. The minimum absolute atomic E-state index is 0.0433. The number of thiophene rings is 1. The van der Waals surface area contributed by atoms with E-state index in [1.165, 1.54) is 23.7 Å². The summed E-state index contributed by atoms with van der Waals surface area (Å²) >= 11 is 7.42. The van der Waals surface area contributed by atoms with Crippen molar-refractivity contribution in [1.29, 1.82) is 0 Å². The van der Waals surface area contributed by atoms with Crippen LogP contribution in [-0.4, -0.2) is 25.1 Å². The molecule has 39 heavy (non-hydrogen) atoms. The number of esters is 1. The van der Waals surface area contributed by atoms with Crippen LogP contribution in [0.1, 0.15) is 22.8 Å². The summed E-state index contributed by atoms with van der Waals surface area (Å²) in [6.07, 6.45) is 1.43. The number of carbonyl (C=O) groups excluding carboxylic acids is 2. The normalized spacial score (nSPS) is 10.9. The summed E-state index contributed by atoms with van der Waals surface area (Å²) in [6.45, 7) is 3.14. The Kier molecular flexibility index (Phi) is 7.53. The van der Waals surface area contributed by atoms with Crippen LogP contribution in [0.2, 0.25) is 5.02 Å². The lowest BCUT2D eigenvalue weighted by Gasteiger charge is -2.12. The molecule has 0 bridgehead atoms. The summed E-state index contributed by atoms with van der Waals surface area (Å²) in [5.41, 5.74) is 2.21. The van der Waals surface area contributed by atoms with E-state index in [-0.39, 0.29) is 34.8 Å². The third kappa shape index (κ3) is 5.32. The molecule has 0 aliphatic carbocycles. The molecule has 10 heteroatoms. The van der Waals surface area contributed by atoms with Gasteiger partial charge in [0.2, 0.25) is 16.9 Å². The van der Waals surface area contributed by atoms with Gasteiger partial charge in [-0.25, -0.2) is 4.79 Å².